The van der Waals surface area contributed by atoms with Gasteiger partial charge in [0.05, 0.1) is 11.6 Å². The number of hydrogen-bond acceptors (Lipinski definition) is 4. The van der Waals surface area contributed by atoms with Gasteiger partial charge in [-0.2, -0.15) is 10.5 Å². The Labute approximate surface area is 144 Å². The van der Waals surface area contributed by atoms with Crippen molar-refractivity contribution in [1.82, 2.24) is 9.88 Å². The maximum atomic E-state index is 12.6. The molecule has 6 heteroatoms. The number of carbonyl (C=O) groups excluding carboxylic acids is 1. The minimum atomic E-state index is -0.390. The fraction of sp³-hybridized carbons (Fsp3) is 0.105. The van der Waals surface area contributed by atoms with Gasteiger partial charge in [-0.25, -0.2) is 0 Å². The van der Waals surface area contributed by atoms with Crippen molar-refractivity contribution in [2.75, 3.05) is 0 Å². The third-order valence-corrected chi connectivity index (χ3v) is 3.75. The normalized spacial score (nSPS) is 10.0. The van der Waals surface area contributed by atoms with Gasteiger partial charge in [0.25, 0.3) is 5.91 Å². The van der Waals surface area contributed by atoms with Crippen LogP contribution in [0.5, 0.6) is 0 Å². The summed E-state index contributed by atoms with van der Waals surface area (Å²) in [5, 5.41) is 21.2. The molecule has 6 nitrogen and oxygen atoms in total. The lowest BCUT2D eigenvalue weighted by Crippen LogP contribution is -2.24. The standard InChI is InChI=1S/C19H14N4O2/c1-13-17(16(11-21)19(25-13)23-7-2-3-8-23)18(24)22-12-15-6-4-5-14(9-15)10-20/h2-9H,12H2,1H3,(H,22,24). The van der Waals surface area contributed by atoms with Crippen molar-refractivity contribution in [3.05, 3.63) is 76.8 Å². The van der Waals surface area contributed by atoms with E-state index in [0.717, 1.165) is 5.56 Å². The van der Waals surface area contributed by atoms with Crippen molar-refractivity contribution in [3.63, 3.8) is 0 Å². The van der Waals surface area contributed by atoms with Crippen LogP contribution in [0.1, 0.15) is 32.8 Å². The highest BCUT2D eigenvalue weighted by Gasteiger charge is 2.24. The Hall–Kier alpha value is -3.77. The molecule has 3 aromatic rings. The predicted molar refractivity (Wildman–Crippen MR) is 89.8 cm³/mol. The number of furan rings is 1. The van der Waals surface area contributed by atoms with Gasteiger partial charge in [0.1, 0.15) is 23.0 Å². The first-order valence-corrected chi connectivity index (χ1v) is 7.58. The second-order valence-electron chi connectivity index (χ2n) is 5.41. The topological polar surface area (TPSA) is 94.8 Å². The fourth-order valence-corrected chi connectivity index (χ4v) is 2.58. The Kier molecular flexibility index (Phi) is 4.36. The lowest BCUT2D eigenvalue weighted by atomic mass is 10.1. The van der Waals surface area contributed by atoms with E-state index in [1.165, 1.54) is 0 Å². The van der Waals surface area contributed by atoms with Crippen molar-refractivity contribution in [2.45, 2.75) is 13.5 Å². The lowest BCUT2D eigenvalue weighted by Gasteiger charge is -2.05. The maximum Gasteiger partial charge on any atom is 0.256 e. The fourth-order valence-electron chi connectivity index (χ4n) is 2.58. The number of benzene rings is 1. The van der Waals surface area contributed by atoms with Crippen LogP contribution in [0, 0.1) is 29.6 Å². The zero-order valence-corrected chi connectivity index (χ0v) is 13.5. The first-order chi connectivity index (χ1) is 12.1. The molecule has 0 fully saturated rings. The van der Waals surface area contributed by atoms with E-state index in [0.29, 0.717) is 17.2 Å². The third-order valence-electron chi connectivity index (χ3n) is 3.75. The van der Waals surface area contributed by atoms with Crippen LogP contribution in [0.2, 0.25) is 0 Å². The Balaban J connectivity index is 1.85. The second-order valence-corrected chi connectivity index (χ2v) is 5.41. The number of aromatic nitrogens is 1. The molecule has 2 aromatic heterocycles. The largest absolute Gasteiger partial charge is 0.443 e. The van der Waals surface area contributed by atoms with Gasteiger partial charge < -0.3 is 9.73 Å². The summed E-state index contributed by atoms with van der Waals surface area (Å²) >= 11 is 0. The van der Waals surface area contributed by atoms with Gasteiger partial charge in [0, 0.05) is 18.9 Å². The van der Waals surface area contributed by atoms with Gasteiger partial charge in [-0.05, 0) is 36.8 Å². The Morgan fingerprint density at radius 2 is 1.96 bits per heavy atom. The van der Waals surface area contributed by atoms with Gasteiger partial charge in [-0.15, -0.1) is 0 Å². The number of hydrogen-bond donors (Lipinski definition) is 1. The minimum absolute atomic E-state index is 0.192. The van der Waals surface area contributed by atoms with Gasteiger partial charge >= 0.3 is 0 Å². The van der Waals surface area contributed by atoms with Crippen LogP contribution in [-0.4, -0.2) is 10.5 Å². The molecule has 0 unspecified atom stereocenters. The van der Waals surface area contributed by atoms with Crippen molar-refractivity contribution in [1.29, 1.82) is 10.5 Å². The van der Waals surface area contributed by atoms with Crippen LogP contribution in [0.15, 0.2) is 53.2 Å². The van der Waals surface area contributed by atoms with Crippen molar-refractivity contribution in [2.24, 2.45) is 0 Å². The summed E-state index contributed by atoms with van der Waals surface area (Å²) in [6.45, 7) is 1.90. The molecule has 1 amide bonds. The highest BCUT2D eigenvalue weighted by molar-refractivity contribution is 5.98. The zero-order chi connectivity index (χ0) is 17.8. The molecule has 0 aliphatic heterocycles. The lowest BCUT2D eigenvalue weighted by molar-refractivity contribution is 0.0949. The predicted octanol–water partition coefficient (Wildman–Crippen LogP) is 3.05. The molecule has 1 aromatic carbocycles. The quantitative estimate of drug-likeness (QED) is 0.795. The highest BCUT2D eigenvalue weighted by atomic mass is 16.4. The summed E-state index contributed by atoms with van der Waals surface area (Å²) in [7, 11) is 0. The molecule has 0 aliphatic rings. The molecule has 25 heavy (non-hydrogen) atoms. The molecular formula is C19H14N4O2. The van der Waals surface area contributed by atoms with Crippen LogP contribution >= 0.6 is 0 Å². The Bertz CT molecular complexity index is 1000. The first-order valence-electron chi connectivity index (χ1n) is 7.58. The van der Waals surface area contributed by atoms with Crippen molar-refractivity contribution >= 4 is 5.91 Å². The molecule has 3 rings (SSSR count). The maximum absolute atomic E-state index is 12.6. The molecule has 0 spiro atoms. The van der Waals surface area contributed by atoms with E-state index in [9.17, 15) is 10.1 Å². The van der Waals surface area contributed by atoms with E-state index < -0.39 is 5.91 Å². The van der Waals surface area contributed by atoms with Gasteiger partial charge in [0.15, 0.2) is 0 Å². The van der Waals surface area contributed by atoms with Crippen LogP contribution < -0.4 is 5.32 Å². The molecule has 0 atom stereocenters. The smallest absolute Gasteiger partial charge is 0.256 e. The number of carbonyl (C=O) groups is 1. The molecule has 0 saturated heterocycles. The average molecular weight is 330 g/mol. The summed E-state index contributed by atoms with van der Waals surface area (Å²) in [6.07, 6.45) is 3.49. The summed E-state index contributed by atoms with van der Waals surface area (Å²) in [6, 6.07) is 14.7. The minimum Gasteiger partial charge on any atom is -0.443 e. The monoisotopic (exact) mass is 330 g/mol. The Morgan fingerprint density at radius 1 is 1.20 bits per heavy atom. The van der Waals surface area contributed by atoms with Crippen LogP contribution in [0.25, 0.3) is 5.88 Å². The molecule has 0 radical (unpaired) electrons. The number of amides is 1. The van der Waals surface area contributed by atoms with Gasteiger partial charge in [0.2, 0.25) is 5.88 Å². The summed E-state index contributed by atoms with van der Waals surface area (Å²) in [5.74, 6) is 0.309. The SMILES string of the molecule is Cc1oc(-n2cccc2)c(C#N)c1C(=O)NCc1cccc(C#N)c1. The zero-order valence-electron chi connectivity index (χ0n) is 13.5. The molecule has 0 bridgehead atoms. The number of aryl methyl sites for hydroxylation is 1. The second kappa shape index (κ2) is 6.77. The number of nitrogens with one attached hydrogen (secondary N) is 1. The first kappa shape index (κ1) is 16.1. The van der Waals surface area contributed by atoms with E-state index in [1.807, 2.05) is 6.07 Å². The van der Waals surface area contributed by atoms with Crippen LogP contribution in [-0.2, 0) is 6.54 Å². The van der Waals surface area contributed by atoms with Crippen molar-refractivity contribution in [3.8, 4) is 18.0 Å². The van der Waals surface area contributed by atoms with Crippen LogP contribution in [0.3, 0.4) is 0 Å². The summed E-state index contributed by atoms with van der Waals surface area (Å²) in [5.41, 5.74) is 1.75. The van der Waals surface area contributed by atoms with E-state index in [1.54, 1.807) is 54.2 Å². The van der Waals surface area contributed by atoms with E-state index in [2.05, 4.69) is 17.5 Å². The van der Waals surface area contributed by atoms with E-state index in [4.69, 9.17) is 9.68 Å². The molecule has 1 N–H and O–H groups in total. The molecule has 0 aliphatic carbocycles. The molecule has 122 valence electrons. The highest BCUT2D eigenvalue weighted by Crippen LogP contribution is 2.25. The summed E-state index contributed by atoms with van der Waals surface area (Å²) < 4.78 is 7.28. The average Bonchev–Trinajstić information content (AvgIpc) is 3.27. The molecule has 0 saturated carbocycles. The van der Waals surface area contributed by atoms with E-state index in [-0.39, 0.29) is 17.7 Å². The number of rotatable bonds is 4. The summed E-state index contributed by atoms with van der Waals surface area (Å²) in [4.78, 5) is 12.6. The van der Waals surface area contributed by atoms with Crippen molar-refractivity contribution < 1.29 is 9.21 Å². The van der Waals surface area contributed by atoms with Gasteiger partial charge in [-0.1, -0.05) is 12.1 Å². The van der Waals surface area contributed by atoms with Gasteiger partial charge in [-0.3, -0.25) is 9.36 Å². The number of nitriles is 2. The third kappa shape index (κ3) is 3.15. The molecule has 2 heterocycles. The molecular weight excluding hydrogens is 316 g/mol. The Morgan fingerprint density at radius 3 is 2.64 bits per heavy atom. The van der Waals surface area contributed by atoms with E-state index >= 15 is 0 Å². The number of nitrogens with zero attached hydrogens (tertiary/aromatic N) is 3. The van der Waals surface area contributed by atoms with Crippen LogP contribution in [0.4, 0.5) is 0 Å².